The summed E-state index contributed by atoms with van der Waals surface area (Å²) < 4.78 is 15.0. The smallest absolute Gasteiger partial charge is 0.328 e. The molecule has 2 N–H and O–H groups in total. The number of ether oxygens (including phenoxy) is 3. The molecule has 2 unspecified atom stereocenters. The molecule has 0 aliphatic carbocycles. The summed E-state index contributed by atoms with van der Waals surface area (Å²) in [7, 11) is 4.18. The third-order valence-electron chi connectivity index (χ3n) is 5.98. The van der Waals surface area contributed by atoms with Crippen LogP contribution in [0.4, 0.5) is 10.5 Å². The Hall–Kier alpha value is -4.12. The van der Waals surface area contributed by atoms with Crippen molar-refractivity contribution in [1.29, 1.82) is 0 Å². The van der Waals surface area contributed by atoms with Crippen LogP contribution in [-0.4, -0.2) is 93.3 Å². The van der Waals surface area contributed by atoms with Crippen LogP contribution in [-0.2, 0) is 30.3 Å². The fraction of sp³-hybridized carbons (Fsp3) is 0.385. The minimum atomic E-state index is -1.03. The molecule has 2 aromatic rings. The van der Waals surface area contributed by atoms with E-state index >= 15 is 0 Å². The number of piperazine rings is 1. The molecule has 2 atom stereocenters. The molecule has 0 bridgehead atoms. The molecule has 11 nitrogen and oxygen atoms in total. The molecule has 198 valence electrons. The Balaban J connectivity index is 1.76. The summed E-state index contributed by atoms with van der Waals surface area (Å²) in [5.74, 6) is -0.944. The molecule has 1 fully saturated rings. The van der Waals surface area contributed by atoms with Gasteiger partial charge in [0.15, 0.2) is 0 Å². The first-order chi connectivity index (χ1) is 17.9. The van der Waals surface area contributed by atoms with E-state index in [1.165, 1.54) is 24.0 Å². The Kier molecular flexibility index (Phi) is 9.84. The topological polar surface area (TPSA) is 127 Å². The maximum atomic E-state index is 13.4. The van der Waals surface area contributed by atoms with E-state index in [0.29, 0.717) is 11.4 Å². The zero-order chi connectivity index (χ0) is 26.8. The number of esters is 1. The van der Waals surface area contributed by atoms with Crippen LogP contribution in [0.3, 0.4) is 0 Å². The van der Waals surface area contributed by atoms with Gasteiger partial charge in [0, 0.05) is 32.3 Å². The molecule has 4 amide bonds. The number of amides is 4. The number of methoxy groups -OCH3 is 3. The molecule has 3 rings (SSSR count). The summed E-state index contributed by atoms with van der Waals surface area (Å²) in [5, 5.41) is 5.51. The highest BCUT2D eigenvalue weighted by atomic mass is 16.5. The van der Waals surface area contributed by atoms with Gasteiger partial charge < -0.3 is 34.6 Å². The van der Waals surface area contributed by atoms with Crippen molar-refractivity contribution in [1.82, 2.24) is 15.1 Å². The van der Waals surface area contributed by atoms with Crippen LogP contribution in [0.1, 0.15) is 5.56 Å². The fourth-order valence-electron chi connectivity index (χ4n) is 4.02. The summed E-state index contributed by atoms with van der Waals surface area (Å²) in [6.45, 7) is 0.0801. The summed E-state index contributed by atoms with van der Waals surface area (Å²) in [4.78, 5) is 54.4. The molecule has 1 aliphatic heterocycles. The number of urea groups is 1. The lowest BCUT2D eigenvalue weighted by atomic mass is 10.0. The van der Waals surface area contributed by atoms with Crippen molar-refractivity contribution < 1.29 is 33.4 Å². The highest BCUT2D eigenvalue weighted by Gasteiger charge is 2.38. The van der Waals surface area contributed by atoms with Gasteiger partial charge in [-0.1, -0.05) is 30.3 Å². The molecule has 0 radical (unpaired) electrons. The van der Waals surface area contributed by atoms with Crippen molar-refractivity contribution in [3.05, 3.63) is 60.2 Å². The summed E-state index contributed by atoms with van der Waals surface area (Å²) in [6.07, 6.45) is 0.166. The highest BCUT2D eigenvalue weighted by molar-refractivity contribution is 5.94. The number of hydrogen-bond donors (Lipinski definition) is 2. The number of carbonyl (C=O) groups excluding carboxylic acids is 4. The molecule has 0 saturated carbocycles. The summed E-state index contributed by atoms with van der Waals surface area (Å²) >= 11 is 0. The van der Waals surface area contributed by atoms with Crippen molar-refractivity contribution in [2.24, 2.45) is 0 Å². The van der Waals surface area contributed by atoms with E-state index in [-0.39, 0.29) is 32.7 Å². The number of carbonyl (C=O) groups is 4. The van der Waals surface area contributed by atoms with Gasteiger partial charge in [-0.15, -0.1) is 0 Å². The van der Waals surface area contributed by atoms with Crippen LogP contribution >= 0.6 is 0 Å². The van der Waals surface area contributed by atoms with Crippen molar-refractivity contribution in [2.75, 3.05) is 52.9 Å². The SMILES string of the molecule is COCC(=O)N1CCN(C(=O)Nc2ccccc2)CC1C(=O)NC(Cc1ccc(OC)cc1)C(=O)OC. The third-order valence-corrected chi connectivity index (χ3v) is 5.98. The zero-order valence-corrected chi connectivity index (χ0v) is 21.1. The second-order valence-corrected chi connectivity index (χ2v) is 8.41. The number of nitrogens with zero attached hydrogens (tertiary/aromatic N) is 2. The van der Waals surface area contributed by atoms with Crippen LogP contribution < -0.4 is 15.4 Å². The van der Waals surface area contributed by atoms with Gasteiger partial charge in [0.1, 0.15) is 24.4 Å². The molecule has 2 aromatic carbocycles. The standard InChI is InChI=1S/C26H32N4O7/c1-35-17-23(31)30-14-13-29(26(34)27-19-7-5-4-6-8-19)16-22(30)24(32)28-21(25(33)37-3)15-18-9-11-20(36-2)12-10-18/h4-12,21-22H,13-17H2,1-3H3,(H,27,34)(H,28,32). The van der Waals surface area contributed by atoms with E-state index in [2.05, 4.69) is 10.6 Å². The van der Waals surface area contributed by atoms with Gasteiger partial charge in [0.2, 0.25) is 11.8 Å². The van der Waals surface area contributed by atoms with Crippen molar-refractivity contribution in [2.45, 2.75) is 18.5 Å². The van der Waals surface area contributed by atoms with E-state index < -0.39 is 35.9 Å². The molecule has 0 aromatic heterocycles. The lowest BCUT2D eigenvalue weighted by Crippen LogP contribution is -2.63. The van der Waals surface area contributed by atoms with Crippen molar-refractivity contribution in [3.8, 4) is 5.75 Å². The van der Waals surface area contributed by atoms with E-state index in [9.17, 15) is 19.2 Å². The number of rotatable bonds is 9. The Morgan fingerprint density at radius 2 is 1.68 bits per heavy atom. The van der Waals surface area contributed by atoms with Crippen LogP contribution in [0.5, 0.6) is 5.75 Å². The first kappa shape index (κ1) is 27.5. The lowest BCUT2D eigenvalue weighted by molar-refractivity contribution is -0.149. The predicted molar refractivity (Wildman–Crippen MR) is 135 cm³/mol. The normalized spacial score (nSPS) is 15.9. The fourth-order valence-corrected chi connectivity index (χ4v) is 4.02. The molecule has 1 aliphatic rings. The second kappa shape index (κ2) is 13.3. The number of hydrogen-bond acceptors (Lipinski definition) is 7. The third kappa shape index (κ3) is 7.43. The van der Waals surface area contributed by atoms with Crippen molar-refractivity contribution in [3.63, 3.8) is 0 Å². The molecular formula is C26H32N4O7. The summed E-state index contributed by atoms with van der Waals surface area (Å²) in [6, 6.07) is 13.6. The maximum Gasteiger partial charge on any atom is 0.328 e. The number of nitrogens with one attached hydrogen (secondary N) is 2. The van der Waals surface area contributed by atoms with Crippen molar-refractivity contribution >= 4 is 29.5 Å². The molecule has 0 spiro atoms. The van der Waals surface area contributed by atoms with E-state index in [0.717, 1.165) is 5.56 Å². The minimum absolute atomic E-state index is 0.0591. The van der Waals surface area contributed by atoms with Gasteiger partial charge in [0.25, 0.3) is 0 Å². The monoisotopic (exact) mass is 512 g/mol. The Labute approximate surface area is 215 Å². The van der Waals surface area contributed by atoms with E-state index in [4.69, 9.17) is 14.2 Å². The zero-order valence-electron chi connectivity index (χ0n) is 21.1. The van der Waals surface area contributed by atoms with Crippen LogP contribution in [0.2, 0.25) is 0 Å². The van der Waals surface area contributed by atoms with Gasteiger partial charge in [-0.05, 0) is 29.8 Å². The van der Waals surface area contributed by atoms with Gasteiger partial charge in [0.05, 0.1) is 20.8 Å². The first-order valence-electron chi connectivity index (χ1n) is 11.8. The highest BCUT2D eigenvalue weighted by Crippen LogP contribution is 2.16. The molecule has 11 heteroatoms. The number of benzene rings is 2. The summed E-state index contributed by atoms with van der Waals surface area (Å²) in [5.41, 5.74) is 1.38. The first-order valence-corrected chi connectivity index (χ1v) is 11.8. The quantitative estimate of drug-likeness (QED) is 0.485. The van der Waals surface area contributed by atoms with Crippen LogP contribution in [0.15, 0.2) is 54.6 Å². The van der Waals surface area contributed by atoms with Gasteiger partial charge in [-0.2, -0.15) is 0 Å². The molecular weight excluding hydrogens is 480 g/mol. The predicted octanol–water partition coefficient (Wildman–Crippen LogP) is 1.29. The van der Waals surface area contributed by atoms with Crippen LogP contribution in [0.25, 0.3) is 0 Å². The molecule has 1 saturated heterocycles. The maximum absolute atomic E-state index is 13.4. The lowest BCUT2D eigenvalue weighted by Gasteiger charge is -2.40. The number of para-hydroxylation sites is 1. The Morgan fingerprint density at radius 3 is 2.30 bits per heavy atom. The van der Waals surface area contributed by atoms with E-state index in [1.54, 1.807) is 55.6 Å². The Morgan fingerprint density at radius 1 is 0.973 bits per heavy atom. The number of anilines is 1. The van der Waals surface area contributed by atoms with Gasteiger partial charge in [-0.25, -0.2) is 9.59 Å². The Bertz CT molecular complexity index is 1080. The van der Waals surface area contributed by atoms with E-state index in [1.807, 2.05) is 6.07 Å². The second-order valence-electron chi connectivity index (χ2n) is 8.41. The van der Waals surface area contributed by atoms with Crippen LogP contribution in [0, 0.1) is 0 Å². The molecule has 37 heavy (non-hydrogen) atoms. The average molecular weight is 513 g/mol. The average Bonchev–Trinajstić information content (AvgIpc) is 2.92. The largest absolute Gasteiger partial charge is 0.497 e. The van der Waals surface area contributed by atoms with Gasteiger partial charge in [-0.3, -0.25) is 9.59 Å². The minimum Gasteiger partial charge on any atom is -0.497 e. The van der Waals surface area contributed by atoms with Gasteiger partial charge >= 0.3 is 12.0 Å². The molecule has 1 heterocycles.